The molecule has 0 aliphatic heterocycles. The van der Waals surface area contributed by atoms with Gasteiger partial charge in [0.25, 0.3) is 0 Å². The minimum absolute atomic E-state index is 0.472. The maximum Gasteiger partial charge on any atom is 0.162 e. The number of ether oxygens (including phenoxy) is 2. The van der Waals surface area contributed by atoms with Crippen LogP contribution in [0.1, 0.15) is 11.1 Å². The van der Waals surface area contributed by atoms with E-state index in [4.69, 9.17) is 32.7 Å². The number of rotatable bonds is 4. The van der Waals surface area contributed by atoms with Crippen LogP contribution in [0.2, 0.25) is 10.0 Å². The van der Waals surface area contributed by atoms with Gasteiger partial charge in [-0.1, -0.05) is 35.3 Å². The first-order valence-electron chi connectivity index (χ1n) is 6.38. The normalized spacial score (nSPS) is 11.0. The number of allylic oxidation sites excluding steroid dienone is 1. The van der Waals surface area contributed by atoms with Crippen molar-refractivity contribution < 1.29 is 9.47 Å². The predicted octanol–water partition coefficient (Wildman–Crippen LogP) is 5.07. The Morgan fingerprint density at radius 1 is 1.05 bits per heavy atom. The molecule has 0 atom stereocenters. The molecular formula is C17H13Cl2NO2. The van der Waals surface area contributed by atoms with E-state index < -0.39 is 0 Å². The lowest BCUT2D eigenvalue weighted by atomic mass is 10.0. The maximum absolute atomic E-state index is 9.38. The second kappa shape index (κ2) is 7.22. The van der Waals surface area contributed by atoms with Crippen LogP contribution in [0.25, 0.3) is 11.6 Å². The van der Waals surface area contributed by atoms with Crippen LogP contribution in [0.3, 0.4) is 0 Å². The molecule has 2 rings (SSSR count). The number of nitrogens with zero attached hydrogens (tertiary/aromatic N) is 1. The monoisotopic (exact) mass is 333 g/mol. The molecule has 0 unspecified atom stereocenters. The quantitative estimate of drug-likeness (QED) is 0.579. The van der Waals surface area contributed by atoms with Crippen LogP contribution in [0, 0.1) is 11.3 Å². The fraction of sp³-hybridized carbons (Fsp3) is 0.118. The Labute approximate surface area is 139 Å². The van der Waals surface area contributed by atoms with Crippen LogP contribution >= 0.6 is 23.2 Å². The zero-order chi connectivity index (χ0) is 16.1. The fourth-order valence-corrected chi connectivity index (χ4v) is 2.28. The molecule has 0 aromatic heterocycles. The van der Waals surface area contributed by atoms with Gasteiger partial charge < -0.3 is 9.47 Å². The molecule has 0 bridgehead atoms. The summed E-state index contributed by atoms with van der Waals surface area (Å²) in [5.41, 5.74) is 1.91. The number of methoxy groups -OCH3 is 2. The standard InChI is InChI=1S/C17H13Cl2NO2/c1-21-16-8-12(15(19)9-17(16)22-2)7-13(10-20)11-3-5-14(18)6-4-11/h3-9H,1-2H3/b13-7+. The van der Waals surface area contributed by atoms with Crippen molar-refractivity contribution in [3.8, 4) is 17.6 Å². The average Bonchev–Trinajstić information content (AvgIpc) is 2.54. The molecule has 112 valence electrons. The molecule has 0 spiro atoms. The predicted molar refractivity (Wildman–Crippen MR) is 89.5 cm³/mol. The second-order valence-corrected chi connectivity index (χ2v) is 5.25. The molecule has 0 aliphatic rings. The van der Waals surface area contributed by atoms with Gasteiger partial charge in [-0.25, -0.2) is 0 Å². The van der Waals surface area contributed by atoms with E-state index in [1.807, 2.05) is 0 Å². The lowest BCUT2D eigenvalue weighted by Crippen LogP contribution is -1.92. The molecule has 22 heavy (non-hydrogen) atoms. The third-order valence-electron chi connectivity index (χ3n) is 3.08. The molecule has 0 aliphatic carbocycles. The van der Waals surface area contributed by atoms with Crippen molar-refractivity contribution in [2.24, 2.45) is 0 Å². The second-order valence-electron chi connectivity index (χ2n) is 4.41. The third-order valence-corrected chi connectivity index (χ3v) is 3.66. The highest BCUT2D eigenvalue weighted by atomic mass is 35.5. The molecule has 0 saturated heterocycles. The summed E-state index contributed by atoms with van der Waals surface area (Å²) in [6.45, 7) is 0. The Kier molecular flexibility index (Phi) is 5.32. The SMILES string of the molecule is COc1cc(Cl)c(/C=C(\C#N)c2ccc(Cl)cc2)cc1OC. The number of hydrogen-bond acceptors (Lipinski definition) is 3. The summed E-state index contributed by atoms with van der Waals surface area (Å²) in [7, 11) is 3.09. The van der Waals surface area contributed by atoms with Gasteiger partial charge >= 0.3 is 0 Å². The minimum Gasteiger partial charge on any atom is -0.493 e. The van der Waals surface area contributed by atoms with Crippen LogP contribution < -0.4 is 9.47 Å². The van der Waals surface area contributed by atoms with E-state index in [1.165, 1.54) is 7.11 Å². The van der Waals surface area contributed by atoms with Gasteiger partial charge in [0.05, 0.1) is 30.9 Å². The largest absolute Gasteiger partial charge is 0.493 e. The number of benzene rings is 2. The van der Waals surface area contributed by atoms with Crippen LogP contribution in [-0.4, -0.2) is 14.2 Å². The summed E-state index contributed by atoms with van der Waals surface area (Å²) in [4.78, 5) is 0. The summed E-state index contributed by atoms with van der Waals surface area (Å²) in [6, 6.07) is 12.6. The zero-order valence-electron chi connectivity index (χ0n) is 12.1. The lowest BCUT2D eigenvalue weighted by molar-refractivity contribution is 0.355. The summed E-state index contributed by atoms with van der Waals surface area (Å²) in [5.74, 6) is 1.08. The van der Waals surface area contributed by atoms with E-state index in [-0.39, 0.29) is 0 Å². The summed E-state index contributed by atoms with van der Waals surface area (Å²) >= 11 is 12.1. The molecule has 0 radical (unpaired) electrons. The molecule has 0 amide bonds. The molecule has 0 N–H and O–H groups in total. The molecular weight excluding hydrogens is 321 g/mol. The molecule has 0 saturated carbocycles. The van der Waals surface area contributed by atoms with E-state index in [1.54, 1.807) is 49.6 Å². The van der Waals surface area contributed by atoms with Crippen molar-refractivity contribution in [2.75, 3.05) is 14.2 Å². The van der Waals surface area contributed by atoms with Crippen molar-refractivity contribution in [3.63, 3.8) is 0 Å². The van der Waals surface area contributed by atoms with E-state index in [9.17, 15) is 5.26 Å². The lowest BCUT2D eigenvalue weighted by Gasteiger charge is -2.10. The molecule has 2 aromatic rings. The van der Waals surface area contributed by atoms with Crippen molar-refractivity contribution in [3.05, 3.63) is 57.6 Å². The number of nitriles is 1. The Hall–Kier alpha value is -2.15. The zero-order valence-corrected chi connectivity index (χ0v) is 13.6. The van der Waals surface area contributed by atoms with Gasteiger partial charge in [-0.2, -0.15) is 5.26 Å². The topological polar surface area (TPSA) is 42.2 Å². The Morgan fingerprint density at radius 2 is 1.64 bits per heavy atom. The van der Waals surface area contributed by atoms with Crippen LogP contribution in [0.5, 0.6) is 11.5 Å². The fourth-order valence-electron chi connectivity index (χ4n) is 1.95. The Morgan fingerprint density at radius 3 is 2.18 bits per heavy atom. The Balaban J connectivity index is 2.50. The first-order chi connectivity index (χ1) is 10.6. The van der Waals surface area contributed by atoms with Gasteiger partial charge in [0.15, 0.2) is 11.5 Å². The van der Waals surface area contributed by atoms with Crippen LogP contribution in [0.15, 0.2) is 36.4 Å². The first-order valence-corrected chi connectivity index (χ1v) is 7.14. The minimum atomic E-state index is 0.472. The van der Waals surface area contributed by atoms with Crippen LogP contribution in [-0.2, 0) is 0 Å². The molecule has 2 aromatic carbocycles. The highest BCUT2D eigenvalue weighted by Gasteiger charge is 2.10. The van der Waals surface area contributed by atoms with Gasteiger partial charge in [0, 0.05) is 11.1 Å². The van der Waals surface area contributed by atoms with E-state index in [2.05, 4.69) is 6.07 Å². The van der Waals surface area contributed by atoms with Gasteiger partial charge in [-0.15, -0.1) is 0 Å². The summed E-state index contributed by atoms with van der Waals surface area (Å²) in [5, 5.41) is 10.5. The number of halogens is 2. The maximum atomic E-state index is 9.38. The average molecular weight is 334 g/mol. The van der Waals surface area contributed by atoms with Gasteiger partial charge in [-0.3, -0.25) is 0 Å². The smallest absolute Gasteiger partial charge is 0.162 e. The molecule has 0 fully saturated rings. The van der Waals surface area contributed by atoms with E-state index >= 15 is 0 Å². The summed E-state index contributed by atoms with van der Waals surface area (Å²) in [6.07, 6.45) is 1.70. The summed E-state index contributed by atoms with van der Waals surface area (Å²) < 4.78 is 10.4. The molecule has 0 heterocycles. The van der Waals surface area contributed by atoms with E-state index in [0.717, 1.165) is 5.56 Å². The Bertz CT molecular complexity index is 746. The first kappa shape index (κ1) is 16.2. The molecule has 3 nitrogen and oxygen atoms in total. The van der Waals surface area contributed by atoms with Gasteiger partial charge in [-0.05, 0) is 35.4 Å². The van der Waals surface area contributed by atoms with Crippen LogP contribution in [0.4, 0.5) is 0 Å². The highest BCUT2D eigenvalue weighted by Crippen LogP contribution is 2.34. The van der Waals surface area contributed by atoms with E-state index in [0.29, 0.717) is 32.7 Å². The number of hydrogen-bond donors (Lipinski definition) is 0. The van der Waals surface area contributed by atoms with Crippen molar-refractivity contribution in [1.29, 1.82) is 5.26 Å². The third kappa shape index (κ3) is 3.54. The van der Waals surface area contributed by atoms with Gasteiger partial charge in [0.2, 0.25) is 0 Å². The van der Waals surface area contributed by atoms with Crippen molar-refractivity contribution in [1.82, 2.24) is 0 Å². The van der Waals surface area contributed by atoms with Crippen molar-refractivity contribution >= 4 is 34.9 Å². The molecule has 5 heteroatoms. The highest BCUT2D eigenvalue weighted by molar-refractivity contribution is 6.32. The van der Waals surface area contributed by atoms with Crippen molar-refractivity contribution in [2.45, 2.75) is 0 Å². The van der Waals surface area contributed by atoms with Gasteiger partial charge in [0.1, 0.15) is 0 Å².